The van der Waals surface area contributed by atoms with Gasteiger partial charge in [-0.3, -0.25) is 4.79 Å². The van der Waals surface area contributed by atoms with Gasteiger partial charge in [-0.05, 0) is 26.0 Å². The molecule has 1 atom stereocenters. The molecule has 5 rings (SSSR count). The standard InChI is InChI=1S/C22H25N5O4/c1-14(28)30-20-15-11-18(26-7-9-29-10-8-26)16(12-19(15)31-22(20,2)3)25-17-13-24-27-6-4-5-23-21(17)27/h4-6,11-13,20,25H,7-10H2,1-3H3. The van der Waals surface area contributed by atoms with Gasteiger partial charge in [0.25, 0.3) is 0 Å². The number of nitrogens with zero attached hydrogens (tertiary/aromatic N) is 4. The number of ether oxygens (including phenoxy) is 3. The SMILES string of the molecule is CC(=O)OC1c2cc(N3CCOCC3)c(Nc3cnn4cccnc34)cc2OC1(C)C. The summed E-state index contributed by atoms with van der Waals surface area (Å²) in [5, 5.41) is 7.86. The van der Waals surface area contributed by atoms with E-state index in [9.17, 15) is 4.79 Å². The molecule has 9 nitrogen and oxygen atoms in total. The predicted molar refractivity (Wildman–Crippen MR) is 115 cm³/mol. The number of morpholine rings is 1. The van der Waals surface area contributed by atoms with Crippen LogP contribution in [-0.4, -0.2) is 52.5 Å². The van der Waals surface area contributed by atoms with Gasteiger partial charge in [-0.15, -0.1) is 0 Å². The fraction of sp³-hybridized carbons (Fsp3) is 0.409. The lowest BCUT2D eigenvalue weighted by Gasteiger charge is -2.31. The average molecular weight is 423 g/mol. The zero-order valence-electron chi connectivity index (χ0n) is 17.8. The van der Waals surface area contributed by atoms with Crippen molar-refractivity contribution >= 4 is 28.7 Å². The first-order chi connectivity index (χ1) is 14.9. The van der Waals surface area contributed by atoms with Gasteiger partial charge in [0.2, 0.25) is 0 Å². The Bertz CT molecular complexity index is 1140. The number of esters is 1. The Hall–Kier alpha value is -3.33. The first-order valence-electron chi connectivity index (χ1n) is 10.3. The van der Waals surface area contributed by atoms with Gasteiger partial charge in [-0.2, -0.15) is 5.10 Å². The molecule has 2 aromatic heterocycles. The first kappa shape index (κ1) is 19.6. The summed E-state index contributed by atoms with van der Waals surface area (Å²) < 4.78 is 19.1. The Morgan fingerprint density at radius 2 is 2.06 bits per heavy atom. The minimum absolute atomic E-state index is 0.331. The van der Waals surface area contributed by atoms with E-state index in [0.717, 1.165) is 41.4 Å². The molecule has 162 valence electrons. The molecule has 0 radical (unpaired) electrons. The van der Waals surface area contributed by atoms with Crippen LogP contribution in [0.1, 0.15) is 32.4 Å². The summed E-state index contributed by atoms with van der Waals surface area (Å²) in [6, 6.07) is 5.87. The van der Waals surface area contributed by atoms with Gasteiger partial charge in [0.05, 0.1) is 30.8 Å². The van der Waals surface area contributed by atoms with Crippen LogP contribution < -0.4 is 15.0 Å². The maximum Gasteiger partial charge on any atom is 0.303 e. The minimum Gasteiger partial charge on any atom is -0.483 e. The van der Waals surface area contributed by atoms with Crippen LogP contribution in [0.25, 0.3) is 5.65 Å². The highest BCUT2D eigenvalue weighted by Crippen LogP contribution is 2.49. The number of hydrogen-bond acceptors (Lipinski definition) is 8. The summed E-state index contributed by atoms with van der Waals surface area (Å²) in [5.74, 6) is 0.363. The highest BCUT2D eigenvalue weighted by atomic mass is 16.6. The van der Waals surface area contributed by atoms with Crippen LogP contribution in [0.4, 0.5) is 17.1 Å². The Morgan fingerprint density at radius 1 is 1.26 bits per heavy atom. The van der Waals surface area contributed by atoms with Crippen LogP contribution in [0.2, 0.25) is 0 Å². The second-order valence-electron chi connectivity index (χ2n) is 8.27. The van der Waals surface area contributed by atoms with Crippen LogP contribution in [0, 0.1) is 0 Å². The number of rotatable bonds is 4. The monoisotopic (exact) mass is 423 g/mol. The van der Waals surface area contributed by atoms with E-state index in [1.54, 1.807) is 16.9 Å². The van der Waals surface area contributed by atoms with E-state index in [-0.39, 0.29) is 5.97 Å². The van der Waals surface area contributed by atoms with Crippen LogP contribution in [-0.2, 0) is 14.3 Å². The summed E-state index contributed by atoms with van der Waals surface area (Å²) in [4.78, 5) is 18.5. The fourth-order valence-electron chi connectivity index (χ4n) is 4.19. The van der Waals surface area contributed by atoms with Crippen molar-refractivity contribution in [2.75, 3.05) is 36.5 Å². The molecule has 1 aromatic carbocycles. The third-order valence-corrected chi connectivity index (χ3v) is 5.60. The molecule has 2 aliphatic heterocycles. The highest BCUT2D eigenvalue weighted by Gasteiger charge is 2.44. The van der Waals surface area contributed by atoms with Gasteiger partial charge in [0, 0.05) is 44.0 Å². The average Bonchev–Trinajstić information content (AvgIpc) is 3.26. The van der Waals surface area contributed by atoms with E-state index in [4.69, 9.17) is 14.2 Å². The number of fused-ring (bicyclic) bond motifs is 2. The largest absolute Gasteiger partial charge is 0.483 e. The molecule has 3 aromatic rings. The molecule has 0 saturated carbocycles. The molecule has 1 saturated heterocycles. The third-order valence-electron chi connectivity index (χ3n) is 5.60. The summed E-state index contributed by atoms with van der Waals surface area (Å²) in [5.41, 5.74) is 3.60. The van der Waals surface area contributed by atoms with Gasteiger partial charge in [-0.1, -0.05) is 0 Å². The van der Waals surface area contributed by atoms with Crippen molar-refractivity contribution < 1.29 is 19.0 Å². The van der Waals surface area contributed by atoms with Gasteiger partial charge in [0.15, 0.2) is 11.8 Å². The zero-order valence-corrected chi connectivity index (χ0v) is 17.8. The Labute approximate surface area is 179 Å². The summed E-state index contributed by atoms with van der Waals surface area (Å²) in [6.07, 6.45) is 4.87. The number of hydrogen-bond donors (Lipinski definition) is 1. The van der Waals surface area contributed by atoms with E-state index < -0.39 is 11.7 Å². The van der Waals surface area contributed by atoms with Crippen LogP contribution >= 0.6 is 0 Å². The second-order valence-corrected chi connectivity index (χ2v) is 8.27. The lowest BCUT2D eigenvalue weighted by molar-refractivity contribution is -0.154. The molecule has 9 heteroatoms. The van der Waals surface area contributed by atoms with E-state index in [0.29, 0.717) is 19.0 Å². The fourth-order valence-corrected chi connectivity index (χ4v) is 4.19. The van der Waals surface area contributed by atoms with E-state index in [1.165, 1.54) is 6.92 Å². The van der Waals surface area contributed by atoms with Crippen LogP contribution in [0.5, 0.6) is 5.75 Å². The molecule has 0 amide bonds. The Morgan fingerprint density at radius 3 is 2.84 bits per heavy atom. The van der Waals surface area contributed by atoms with Gasteiger partial charge in [0.1, 0.15) is 17.0 Å². The van der Waals surface area contributed by atoms with Gasteiger partial charge < -0.3 is 24.4 Å². The topological polar surface area (TPSA) is 90.2 Å². The third kappa shape index (κ3) is 3.54. The van der Waals surface area contributed by atoms with Gasteiger partial charge in [-0.25, -0.2) is 9.50 Å². The molecule has 0 aliphatic carbocycles. The molecular formula is C22H25N5O4. The lowest BCUT2D eigenvalue weighted by atomic mass is 9.96. The molecular weight excluding hydrogens is 398 g/mol. The lowest BCUT2D eigenvalue weighted by Crippen LogP contribution is -2.36. The van der Waals surface area contributed by atoms with Crippen molar-refractivity contribution in [3.63, 3.8) is 0 Å². The highest BCUT2D eigenvalue weighted by molar-refractivity contribution is 5.83. The van der Waals surface area contributed by atoms with Crippen LogP contribution in [0.3, 0.4) is 0 Å². The smallest absolute Gasteiger partial charge is 0.303 e. The van der Waals surface area contributed by atoms with E-state index >= 15 is 0 Å². The van der Waals surface area contributed by atoms with E-state index in [2.05, 4.69) is 26.4 Å². The number of anilines is 3. The van der Waals surface area contributed by atoms with Crippen molar-refractivity contribution in [2.45, 2.75) is 32.5 Å². The summed E-state index contributed by atoms with van der Waals surface area (Å²) >= 11 is 0. The molecule has 1 fully saturated rings. The second kappa shape index (κ2) is 7.42. The van der Waals surface area contributed by atoms with E-state index in [1.807, 2.05) is 32.2 Å². The zero-order chi connectivity index (χ0) is 21.6. The summed E-state index contributed by atoms with van der Waals surface area (Å²) in [7, 11) is 0. The number of aromatic nitrogens is 3. The number of carbonyl (C=O) groups is 1. The minimum atomic E-state index is -0.666. The van der Waals surface area contributed by atoms with Crippen LogP contribution in [0.15, 0.2) is 36.8 Å². The van der Waals surface area contributed by atoms with Crippen molar-refractivity contribution in [3.8, 4) is 5.75 Å². The number of carbonyl (C=O) groups excluding carboxylic acids is 1. The first-order valence-corrected chi connectivity index (χ1v) is 10.3. The molecule has 1 N–H and O–H groups in total. The quantitative estimate of drug-likeness (QED) is 0.641. The normalized spacial score (nSPS) is 19.7. The maximum atomic E-state index is 11.8. The van der Waals surface area contributed by atoms with Crippen molar-refractivity contribution in [1.82, 2.24) is 14.6 Å². The Balaban J connectivity index is 1.59. The molecule has 1 unspecified atom stereocenters. The molecule has 0 bridgehead atoms. The summed E-state index contributed by atoms with van der Waals surface area (Å²) in [6.45, 7) is 8.12. The molecule has 0 spiro atoms. The molecule has 2 aliphatic rings. The molecule has 31 heavy (non-hydrogen) atoms. The number of nitrogens with one attached hydrogen (secondary N) is 1. The van der Waals surface area contributed by atoms with Crippen molar-refractivity contribution in [1.29, 1.82) is 0 Å². The van der Waals surface area contributed by atoms with Crippen molar-refractivity contribution in [3.05, 3.63) is 42.4 Å². The molecule has 4 heterocycles. The Kier molecular flexibility index (Phi) is 4.70. The maximum absolute atomic E-state index is 11.8. The van der Waals surface area contributed by atoms with Gasteiger partial charge >= 0.3 is 5.97 Å². The number of benzene rings is 1. The predicted octanol–water partition coefficient (Wildman–Crippen LogP) is 3.08. The van der Waals surface area contributed by atoms with Crippen molar-refractivity contribution in [2.24, 2.45) is 0 Å².